The highest BCUT2D eigenvalue weighted by Gasteiger charge is 2.37. The molecule has 0 N–H and O–H groups in total. The number of rotatable bonds is 3. The van der Waals surface area contributed by atoms with E-state index >= 15 is 0 Å². The predicted molar refractivity (Wildman–Crippen MR) is 73.5 cm³/mol. The van der Waals surface area contributed by atoms with Crippen molar-refractivity contribution in [3.63, 3.8) is 0 Å². The third kappa shape index (κ3) is 2.44. The molecule has 2 unspecified atom stereocenters. The molecule has 0 bridgehead atoms. The normalized spacial score (nSPS) is 28.1. The van der Waals surface area contributed by atoms with Crippen molar-refractivity contribution in [2.24, 2.45) is 0 Å². The molecule has 0 aromatic heterocycles. The Labute approximate surface area is 111 Å². The molecule has 1 fully saturated rings. The highest BCUT2D eigenvalue weighted by Crippen LogP contribution is 2.47. The van der Waals surface area contributed by atoms with E-state index in [1.807, 2.05) is 12.1 Å². The molecule has 2 nitrogen and oxygen atoms in total. The van der Waals surface area contributed by atoms with Crippen LogP contribution in [-0.4, -0.2) is 19.0 Å². The van der Waals surface area contributed by atoms with E-state index in [0.717, 1.165) is 17.9 Å². The number of hydrogen-bond acceptors (Lipinski definition) is 2. The summed E-state index contributed by atoms with van der Waals surface area (Å²) in [6, 6.07) is 6.07. The van der Waals surface area contributed by atoms with Crippen LogP contribution in [0.5, 0.6) is 11.5 Å². The minimum absolute atomic E-state index is 0.189. The van der Waals surface area contributed by atoms with Crippen molar-refractivity contribution in [3.8, 4) is 11.5 Å². The Kier molecular flexibility index (Phi) is 3.67. The fraction of sp³-hybridized carbons (Fsp3) is 0.571. The summed E-state index contributed by atoms with van der Waals surface area (Å²) in [5.74, 6) is 1.87. The van der Waals surface area contributed by atoms with Gasteiger partial charge in [0.25, 0.3) is 0 Å². The van der Waals surface area contributed by atoms with Crippen molar-refractivity contribution in [2.45, 2.75) is 36.4 Å². The summed E-state index contributed by atoms with van der Waals surface area (Å²) in [4.78, 5) is 0.614. The zero-order valence-electron chi connectivity index (χ0n) is 10.6. The van der Waals surface area contributed by atoms with Crippen LogP contribution in [0.15, 0.2) is 18.2 Å². The number of ether oxygens (including phenoxy) is 2. The van der Waals surface area contributed by atoms with Gasteiger partial charge in [0.05, 0.1) is 14.2 Å². The fourth-order valence-electron chi connectivity index (χ4n) is 2.70. The molecule has 1 aromatic carbocycles. The van der Waals surface area contributed by atoms with Gasteiger partial charge in [0.1, 0.15) is 11.5 Å². The Morgan fingerprint density at radius 3 is 2.59 bits per heavy atom. The van der Waals surface area contributed by atoms with Crippen LogP contribution in [0, 0.1) is 0 Å². The third-order valence-corrected chi connectivity index (χ3v) is 4.52. The predicted octanol–water partition coefficient (Wildman–Crippen LogP) is 3.91. The Hall–Kier alpha value is -0.700. The highest BCUT2D eigenvalue weighted by molar-refractivity contribution is 9.09. The lowest BCUT2D eigenvalue weighted by Crippen LogP contribution is -2.19. The molecule has 0 aliphatic heterocycles. The van der Waals surface area contributed by atoms with Gasteiger partial charge in [-0.3, -0.25) is 0 Å². The minimum atomic E-state index is 0.189. The molecule has 17 heavy (non-hydrogen) atoms. The monoisotopic (exact) mass is 298 g/mol. The Bertz CT molecular complexity index is 405. The van der Waals surface area contributed by atoms with Gasteiger partial charge in [-0.1, -0.05) is 22.9 Å². The van der Waals surface area contributed by atoms with Crippen molar-refractivity contribution in [1.82, 2.24) is 0 Å². The molecule has 0 radical (unpaired) electrons. The van der Waals surface area contributed by atoms with E-state index in [1.165, 1.54) is 18.4 Å². The Morgan fingerprint density at radius 2 is 2.06 bits per heavy atom. The van der Waals surface area contributed by atoms with Crippen LogP contribution in [0.3, 0.4) is 0 Å². The first-order valence-electron chi connectivity index (χ1n) is 5.95. The Morgan fingerprint density at radius 1 is 1.29 bits per heavy atom. The second kappa shape index (κ2) is 4.89. The van der Waals surface area contributed by atoms with Crippen LogP contribution in [0.2, 0.25) is 0 Å². The van der Waals surface area contributed by atoms with E-state index in [-0.39, 0.29) is 5.41 Å². The molecule has 1 aromatic rings. The first-order chi connectivity index (χ1) is 8.09. The summed E-state index contributed by atoms with van der Waals surface area (Å²) in [6.07, 6.45) is 3.56. The first-order valence-corrected chi connectivity index (χ1v) is 6.87. The maximum Gasteiger partial charge on any atom is 0.122 e. The topological polar surface area (TPSA) is 18.5 Å². The van der Waals surface area contributed by atoms with Gasteiger partial charge in [-0.25, -0.2) is 0 Å². The first kappa shape index (κ1) is 12.7. The van der Waals surface area contributed by atoms with Crippen LogP contribution < -0.4 is 9.47 Å². The molecule has 0 spiro atoms. The van der Waals surface area contributed by atoms with Crippen LogP contribution >= 0.6 is 15.9 Å². The largest absolute Gasteiger partial charge is 0.497 e. The third-order valence-electron chi connectivity index (χ3n) is 3.74. The SMILES string of the molecule is COc1ccc(OC)c(C2(C)CCC(Br)C2)c1. The molecule has 0 amide bonds. The lowest BCUT2D eigenvalue weighted by molar-refractivity contribution is 0.378. The van der Waals surface area contributed by atoms with Gasteiger partial charge in [0.2, 0.25) is 0 Å². The molecule has 0 saturated heterocycles. The van der Waals surface area contributed by atoms with Gasteiger partial charge >= 0.3 is 0 Å². The van der Waals surface area contributed by atoms with Gasteiger partial charge in [0, 0.05) is 10.4 Å². The smallest absolute Gasteiger partial charge is 0.122 e. The lowest BCUT2D eigenvalue weighted by Gasteiger charge is -2.27. The molecule has 1 aliphatic carbocycles. The van der Waals surface area contributed by atoms with Crippen LogP contribution in [0.25, 0.3) is 0 Å². The van der Waals surface area contributed by atoms with Crippen LogP contribution in [0.4, 0.5) is 0 Å². The molecule has 1 aliphatic rings. The van der Waals surface area contributed by atoms with Crippen LogP contribution in [-0.2, 0) is 5.41 Å². The van der Waals surface area contributed by atoms with Crippen molar-refractivity contribution in [3.05, 3.63) is 23.8 Å². The summed E-state index contributed by atoms with van der Waals surface area (Å²) in [5.41, 5.74) is 1.45. The van der Waals surface area contributed by atoms with Crippen molar-refractivity contribution in [2.75, 3.05) is 14.2 Å². The van der Waals surface area contributed by atoms with Gasteiger partial charge in [-0.05, 0) is 42.9 Å². The van der Waals surface area contributed by atoms with Gasteiger partial charge in [0.15, 0.2) is 0 Å². The molecule has 94 valence electrons. The standard InChI is InChI=1S/C14H19BrO2/c1-14(7-6-10(15)9-14)12-8-11(16-2)4-5-13(12)17-3/h4-5,8,10H,6-7,9H2,1-3H3. The average molecular weight is 299 g/mol. The zero-order valence-corrected chi connectivity index (χ0v) is 12.2. The van der Waals surface area contributed by atoms with Crippen LogP contribution in [0.1, 0.15) is 31.7 Å². The minimum Gasteiger partial charge on any atom is -0.497 e. The molecule has 3 heteroatoms. The molecule has 0 heterocycles. The molecule has 2 rings (SSSR count). The second-order valence-electron chi connectivity index (χ2n) is 4.97. The number of benzene rings is 1. The van der Waals surface area contributed by atoms with Gasteiger partial charge in [-0.15, -0.1) is 0 Å². The molecular weight excluding hydrogens is 280 g/mol. The number of halogens is 1. The second-order valence-corrected chi connectivity index (χ2v) is 6.26. The highest BCUT2D eigenvalue weighted by atomic mass is 79.9. The fourth-order valence-corrected chi connectivity index (χ4v) is 3.64. The molecular formula is C14H19BrO2. The number of methoxy groups -OCH3 is 2. The zero-order chi connectivity index (χ0) is 12.5. The van der Waals surface area contributed by atoms with E-state index in [1.54, 1.807) is 14.2 Å². The summed E-state index contributed by atoms with van der Waals surface area (Å²) >= 11 is 3.72. The van der Waals surface area contributed by atoms with E-state index in [2.05, 4.69) is 28.9 Å². The number of alkyl halides is 1. The van der Waals surface area contributed by atoms with Gasteiger partial charge in [-0.2, -0.15) is 0 Å². The lowest BCUT2D eigenvalue weighted by atomic mass is 9.80. The van der Waals surface area contributed by atoms with E-state index < -0.39 is 0 Å². The van der Waals surface area contributed by atoms with Crippen molar-refractivity contribution < 1.29 is 9.47 Å². The summed E-state index contributed by atoms with van der Waals surface area (Å²) in [5, 5.41) is 0. The van der Waals surface area contributed by atoms with Crippen molar-refractivity contribution >= 4 is 15.9 Å². The molecule has 1 saturated carbocycles. The van der Waals surface area contributed by atoms with E-state index in [0.29, 0.717) is 4.83 Å². The van der Waals surface area contributed by atoms with E-state index in [4.69, 9.17) is 9.47 Å². The van der Waals surface area contributed by atoms with E-state index in [9.17, 15) is 0 Å². The van der Waals surface area contributed by atoms with Gasteiger partial charge < -0.3 is 9.47 Å². The Balaban J connectivity index is 2.41. The summed E-state index contributed by atoms with van der Waals surface area (Å²) in [7, 11) is 3.44. The maximum absolute atomic E-state index is 5.49. The number of hydrogen-bond donors (Lipinski definition) is 0. The average Bonchev–Trinajstić information content (AvgIpc) is 2.69. The van der Waals surface area contributed by atoms with Crippen molar-refractivity contribution in [1.29, 1.82) is 0 Å². The summed E-state index contributed by atoms with van der Waals surface area (Å²) in [6.45, 7) is 2.31. The molecule has 2 atom stereocenters. The summed E-state index contributed by atoms with van der Waals surface area (Å²) < 4.78 is 10.8. The maximum atomic E-state index is 5.49. The quantitative estimate of drug-likeness (QED) is 0.788.